The van der Waals surface area contributed by atoms with Gasteiger partial charge in [-0.3, -0.25) is 4.79 Å². The first kappa shape index (κ1) is 16.6. The van der Waals surface area contributed by atoms with Gasteiger partial charge in [0.2, 0.25) is 5.88 Å². The van der Waals surface area contributed by atoms with E-state index in [1.165, 1.54) is 18.3 Å². The first-order valence-electron chi connectivity index (χ1n) is 6.40. The summed E-state index contributed by atoms with van der Waals surface area (Å²) >= 11 is 0. The maximum absolute atomic E-state index is 12.1. The lowest BCUT2D eigenvalue weighted by Crippen LogP contribution is -2.44. The molecule has 1 unspecified atom stereocenters. The molecule has 114 valence electrons. The van der Waals surface area contributed by atoms with Crippen LogP contribution in [0.5, 0.6) is 5.88 Å². The number of hydrogen-bond acceptors (Lipinski definition) is 5. The molecule has 1 aromatic heterocycles. The second-order valence-corrected chi connectivity index (χ2v) is 3.98. The van der Waals surface area contributed by atoms with E-state index in [9.17, 15) is 9.59 Å². The van der Waals surface area contributed by atoms with Crippen LogP contribution in [0, 0.1) is 0 Å². The van der Waals surface area contributed by atoms with Crippen LogP contribution < -0.4 is 10.1 Å². The number of nitrogens with zero attached hydrogens (tertiary/aromatic N) is 1. The van der Waals surface area contributed by atoms with Crippen LogP contribution in [0.3, 0.4) is 0 Å². The predicted octanol–water partition coefficient (Wildman–Crippen LogP) is 0.866. The lowest BCUT2D eigenvalue weighted by atomic mass is 10.2. The summed E-state index contributed by atoms with van der Waals surface area (Å²) < 4.78 is 10.3. The van der Waals surface area contributed by atoms with Gasteiger partial charge in [-0.1, -0.05) is 6.08 Å². The molecule has 0 bridgehead atoms. The van der Waals surface area contributed by atoms with E-state index in [4.69, 9.17) is 14.6 Å². The lowest BCUT2D eigenvalue weighted by Gasteiger charge is -2.15. The quantitative estimate of drug-likeness (QED) is 0.518. The Labute approximate surface area is 122 Å². The predicted molar refractivity (Wildman–Crippen MR) is 75.3 cm³/mol. The maximum Gasteiger partial charge on any atom is 0.328 e. The zero-order valence-corrected chi connectivity index (χ0v) is 11.7. The second kappa shape index (κ2) is 8.70. The summed E-state index contributed by atoms with van der Waals surface area (Å²) in [5, 5.41) is 11.4. The first-order valence-corrected chi connectivity index (χ1v) is 6.40. The SMILES string of the molecule is C=CCOCC(NC(=O)c1cccnc1OCC)C(=O)O. The van der Waals surface area contributed by atoms with Crippen molar-refractivity contribution in [2.24, 2.45) is 0 Å². The Balaban J connectivity index is 2.77. The average molecular weight is 294 g/mol. The number of ether oxygens (including phenoxy) is 2. The third-order valence-corrected chi connectivity index (χ3v) is 2.42. The molecular formula is C14H18N2O5. The largest absolute Gasteiger partial charge is 0.480 e. The smallest absolute Gasteiger partial charge is 0.328 e. The number of carbonyl (C=O) groups is 2. The molecule has 0 aliphatic rings. The number of rotatable bonds is 9. The van der Waals surface area contributed by atoms with Crippen LogP contribution in [0.2, 0.25) is 0 Å². The van der Waals surface area contributed by atoms with Crippen molar-refractivity contribution in [1.29, 1.82) is 0 Å². The number of aromatic nitrogens is 1. The molecule has 0 aromatic carbocycles. The Morgan fingerprint density at radius 3 is 2.95 bits per heavy atom. The fourth-order valence-corrected chi connectivity index (χ4v) is 1.50. The van der Waals surface area contributed by atoms with Crippen molar-refractivity contribution in [1.82, 2.24) is 10.3 Å². The molecule has 0 radical (unpaired) electrons. The number of aliphatic carboxylic acids is 1. The third-order valence-electron chi connectivity index (χ3n) is 2.42. The van der Waals surface area contributed by atoms with Gasteiger partial charge in [-0.25, -0.2) is 9.78 Å². The minimum Gasteiger partial charge on any atom is -0.480 e. The molecule has 0 aliphatic heterocycles. The van der Waals surface area contributed by atoms with Gasteiger partial charge in [-0.05, 0) is 19.1 Å². The van der Waals surface area contributed by atoms with E-state index in [0.29, 0.717) is 6.61 Å². The molecule has 0 saturated heterocycles. The van der Waals surface area contributed by atoms with Crippen LogP contribution in [0.4, 0.5) is 0 Å². The molecule has 2 N–H and O–H groups in total. The number of nitrogens with one attached hydrogen (secondary N) is 1. The fraction of sp³-hybridized carbons (Fsp3) is 0.357. The average Bonchev–Trinajstić information content (AvgIpc) is 2.47. The highest BCUT2D eigenvalue weighted by Gasteiger charge is 2.23. The van der Waals surface area contributed by atoms with Gasteiger partial charge >= 0.3 is 5.97 Å². The van der Waals surface area contributed by atoms with Gasteiger partial charge in [0.1, 0.15) is 5.56 Å². The highest BCUT2D eigenvalue weighted by Crippen LogP contribution is 2.14. The van der Waals surface area contributed by atoms with Gasteiger partial charge in [0, 0.05) is 6.20 Å². The maximum atomic E-state index is 12.1. The highest BCUT2D eigenvalue weighted by atomic mass is 16.5. The second-order valence-electron chi connectivity index (χ2n) is 3.98. The number of carbonyl (C=O) groups excluding carboxylic acids is 1. The van der Waals surface area contributed by atoms with Crippen molar-refractivity contribution >= 4 is 11.9 Å². The molecule has 1 atom stereocenters. The molecule has 21 heavy (non-hydrogen) atoms. The highest BCUT2D eigenvalue weighted by molar-refractivity contribution is 5.98. The van der Waals surface area contributed by atoms with E-state index < -0.39 is 17.9 Å². The van der Waals surface area contributed by atoms with Gasteiger partial charge in [-0.15, -0.1) is 6.58 Å². The summed E-state index contributed by atoms with van der Waals surface area (Å²) in [5.74, 6) is -1.61. The van der Waals surface area contributed by atoms with E-state index in [1.54, 1.807) is 13.0 Å². The molecule has 0 saturated carbocycles. The normalized spacial score (nSPS) is 11.5. The summed E-state index contributed by atoms with van der Waals surface area (Å²) in [7, 11) is 0. The van der Waals surface area contributed by atoms with E-state index in [-0.39, 0.29) is 24.7 Å². The Bertz CT molecular complexity index is 504. The van der Waals surface area contributed by atoms with Gasteiger partial charge < -0.3 is 19.9 Å². The number of pyridine rings is 1. The molecule has 7 heteroatoms. The van der Waals surface area contributed by atoms with Crippen molar-refractivity contribution in [2.45, 2.75) is 13.0 Å². The van der Waals surface area contributed by atoms with Crippen molar-refractivity contribution < 1.29 is 24.2 Å². The molecule has 0 aliphatic carbocycles. The lowest BCUT2D eigenvalue weighted by molar-refractivity contribution is -0.140. The zero-order valence-electron chi connectivity index (χ0n) is 11.7. The van der Waals surface area contributed by atoms with Gasteiger partial charge in [0.15, 0.2) is 6.04 Å². The Morgan fingerprint density at radius 1 is 1.57 bits per heavy atom. The fourth-order valence-electron chi connectivity index (χ4n) is 1.50. The van der Waals surface area contributed by atoms with Crippen molar-refractivity contribution in [2.75, 3.05) is 19.8 Å². The van der Waals surface area contributed by atoms with Crippen molar-refractivity contribution in [3.05, 3.63) is 36.5 Å². The summed E-state index contributed by atoms with van der Waals surface area (Å²) in [6, 6.07) is 1.92. The zero-order chi connectivity index (χ0) is 15.7. The minimum absolute atomic E-state index is 0.155. The topological polar surface area (TPSA) is 97.8 Å². The number of carboxylic acid groups (broad SMARTS) is 1. The van der Waals surface area contributed by atoms with Crippen LogP contribution >= 0.6 is 0 Å². The molecule has 1 heterocycles. The number of amides is 1. The van der Waals surface area contributed by atoms with Crippen LogP contribution in [0.1, 0.15) is 17.3 Å². The van der Waals surface area contributed by atoms with Crippen molar-refractivity contribution in [3.63, 3.8) is 0 Å². The Morgan fingerprint density at radius 2 is 2.33 bits per heavy atom. The standard InChI is InChI=1S/C14H18N2O5/c1-3-8-20-9-11(14(18)19)16-12(17)10-6-5-7-15-13(10)21-4-2/h3,5-7,11H,1,4,8-9H2,2H3,(H,16,17)(H,18,19). The molecule has 0 fully saturated rings. The first-order chi connectivity index (χ1) is 10.1. The summed E-state index contributed by atoms with van der Waals surface area (Å²) in [6.07, 6.45) is 2.98. The number of carboxylic acids is 1. The Kier molecular flexibility index (Phi) is 6.90. The molecule has 0 spiro atoms. The molecule has 7 nitrogen and oxygen atoms in total. The van der Waals surface area contributed by atoms with E-state index in [0.717, 1.165) is 0 Å². The van der Waals surface area contributed by atoms with Gasteiger partial charge in [-0.2, -0.15) is 0 Å². The Hall–Kier alpha value is -2.41. The molecule has 1 amide bonds. The van der Waals surface area contributed by atoms with Crippen LogP contribution in [0.15, 0.2) is 31.0 Å². The van der Waals surface area contributed by atoms with Crippen LogP contribution in [0.25, 0.3) is 0 Å². The summed E-state index contributed by atoms with van der Waals surface area (Å²) in [5.41, 5.74) is 0.175. The van der Waals surface area contributed by atoms with Gasteiger partial charge in [0.05, 0.1) is 19.8 Å². The monoisotopic (exact) mass is 294 g/mol. The van der Waals surface area contributed by atoms with Gasteiger partial charge in [0.25, 0.3) is 5.91 Å². The molecule has 1 aromatic rings. The van der Waals surface area contributed by atoms with E-state index >= 15 is 0 Å². The minimum atomic E-state index is -1.19. The van der Waals surface area contributed by atoms with E-state index in [1.807, 2.05) is 0 Å². The van der Waals surface area contributed by atoms with E-state index in [2.05, 4.69) is 16.9 Å². The van der Waals surface area contributed by atoms with Crippen LogP contribution in [-0.4, -0.2) is 47.8 Å². The molecular weight excluding hydrogens is 276 g/mol. The molecule has 1 rings (SSSR count). The summed E-state index contributed by atoms with van der Waals surface area (Å²) in [6.45, 7) is 5.62. The van der Waals surface area contributed by atoms with Crippen molar-refractivity contribution in [3.8, 4) is 5.88 Å². The van der Waals surface area contributed by atoms with Crippen LogP contribution in [-0.2, 0) is 9.53 Å². The summed E-state index contributed by atoms with van der Waals surface area (Å²) in [4.78, 5) is 27.2. The third kappa shape index (κ3) is 5.23. The number of hydrogen-bond donors (Lipinski definition) is 2.